The van der Waals surface area contributed by atoms with E-state index in [0.717, 1.165) is 31.6 Å². The quantitative estimate of drug-likeness (QED) is 0.827. The summed E-state index contributed by atoms with van der Waals surface area (Å²) in [4.78, 5) is 13.8. The number of para-hydroxylation sites is 1. The van der Waals surface area contributed by atoms with Gasteiger partial charge < -0.3 is 16.4 Å². The number of hydrogen-bond acceptors (Lipinski definition) is 3. The first-order valence-corrected chi connectivity index (χ1v) is 7.17. The molecule has 4 heteroatoms. The van der Waals surface area contributed by atoms with Crippen molar-refractivity contribution in [3.63, 3.8) is 0 Å². The lowest BCUT2D eigenvalue weighted by molar-refractivity contribution is 0.100. The maximum Gasteiger partial charge on any atom is 0.250 e. The number of primary amides is 1. The zero-order valence-corrected chi connectivity index (χ0v) is 11.9. The lowest BCUT2D eigenvalue weighted by Gasteiger charge is -2.26. The minimum absolute atomic E-state index is 0.431. The summed E-state index contributed by atoms with van der Waals surface area (Å²) >= 11 is 0. The number of hydrogen-bond donors (Lipinski definition) is 2. The number of nitrogens with two attached hydrogens (primary N) is 2. The summed E-state index contributed by atoms with van der Waals surface area (Å²) in [7, 11) is 0. The third-order valence-corrected chi connectivity index (χ3v) is 4.07. The minimum atomic E-state index is -0.431. The third-order valence-electron chi connectivity index (χ3n) is 4.07. The van der Waals surface area contributed by atoms with Crippen molar-refractivity contribution in [3.05, 3.63) is 59.2 Å². The van der Waals surface area contributed by atoms with Gasteiger partial charge in [-0.05, 0) is 36.1 Å². The standard InChI is InChI=1S/C17H19N3O/c18-15-7-3-6-14(17(19)21)16(15)20-10-8-12-4-1-2-5-13(12)9-11-20/h1-7H,8-11,18H2,(H2,19,21). The molecule has 2 aromatic carbocycles. The molecule has 1 amide bonds. The van der Waals surface area contributed by atoms with Crippen molar-refractivity contribution < 1.29 is 4.79 Å². The molecule has 0 spiro atoms. The van der Waals surface area contributed by atoms with E-state index in [9.17, 15) is 4.79 Å². The average molecular weight is 281 g/mol. The van der Waals surface area contributed by atoms with Crippen LogP contribution < -0.4 is 16.4 Å². The van der Waals surface area contributed by atoms with Crippen LogP contribution in [0.3, 0.4) is 0 Å². The predicted octanol–water partition coefficient (Wildman–Crippen LogP) is 1.97. The highest BCUT2D eigenvalue weighted by molar-refractivity contribution is 6.01. The molecule has 1 aliphatic rings. The van der Waals surface area contributed by atoms with Crippen molar-refractivity contribution in [2.24, 2.45) is 5.73 Å². The van der Waals surface area contributed by atoms with Crippen LogP contribution in [0.25, 0.3) is 0 Å². The number of amides is 1. The number of fused-ring (bicyclic) bond motifs is 1. The topological polar surface area (TPSA) is 72.3 Å². The second-order valence-electron chi connectivity index (χ2n) is 5.36. The maximum atomic E-state index is 11.7. The largest absolute Gasteiger partial charge is 0.397 e. The number of nitrogens with zero attached hydrogens (tertiary/aromatic N) is 1. The number of benzene rings is 2. The van der Waals surface area contributed by atoms with E-state index in [4.69, 9.17) is 11.5 Å². The van der Waals surface area contributed by atoms with Crippen LogP contribution in [0, 0.1) is 0 Å². The van der Waals surface area contributed by atoms with Crippen molar-refractivity contribution in [3.8, 4) is 0 Å². The fraction of sp³-hybridized carbons (Fsp3) is 0.235. The summed E-state index contributed by atoms with van der Waals surface area (Å²) in [6.45, 7) is 1.68. The van der Waals surface area contributed by atoms with Crippen LogP contribution in [0.4, 0.5) is 11.4 Å². The Kier molecular flexibility index (Phi) is 3.52. The molecule has 0 aliphatic carbocycles. The van der Waals surface area contributed by atoms with Gasteiger partial charge in [-0.1, -0.05) is 30.3 Å². The lowest BCUT2D eigenvalue weighted by atomic mass is 10.0. The maximum absolute atomic E-state index is 11.7. The summed E-state index contributed by atoms with van der Waals surface area (Å²) in [6.07, 6.45) is 1.89. The van der Waals surface area contributed by atoms with Crippen LogP contribution >= 0.6 is 0 Å². The molecule has 1 heterocycles. The molecule has 0 unspecified atom stereocenters. The van der Waals surface area contributed by atoms with Gasteiger partial charge >= 0.3 is 0 Å². The first-order valence-electron chi connectivity index (χ1n) is 7.17. The average Bonchev–Trinajstić information content (AvgIpc) is 2.69. The Morgan fingerprint density at radius 2 is 1.57 bits per heavy atom. The number of carbonyl (C=O) groups is 1. The van der Waals surface area contributed by atoms with Crippen molar-refractivity contribution in [1.29, 1.82) is 0 Å². The second-order valence-corrected chi connectivity index (χ2v) is 5.36. The highest BCUT2D eigenvalue weighted by Crippen LogP contribution is 2.29. The van der Waals surface area contributed by atoms with Crippen LogP contribution in [0.15, 0.2) is 42.5 Å². The number of rotatable bonds is 2. The second kappa shape index (κ2) is 5.48. The molecule has 0 atom stereocenters. The zero-order chi connectivity index (χ0) is 14.8. The van der Waals surface area contributed by atoms with Crippen molar-refractivity contribution in [1.82, 2.24) is 0 Å². The first kappa shape index (κ1) is 13.5. The number of nitrogen functional groups attached to an aromatic ring is 1. The predicted molar refractivity (Wildman–Crippen MR) is 85.4 cm³/mol. The van der Waals surface area contributed by atoms with Gasteiger partial charge in [-0.2, -0.15) is 0 Å². The Morgan fingerprint density at radius 3 is 2.14 bits per heavy atom. The smallest absolute Gasteiger partial charge is 0.250 e. The van der Waals surface area contributed by atoms with Gasteiger partial charge in [0.05, 0.1) is 16.9 Å². The molecule has 0 bridgehead atoms. The minimum Gasteiger partial charge on any atom is -0.397 e. The number of carbonyl (C=O) groups excluding carboxylic acids is 1. The van der Waals surface area contributed by atoms with Gasteiger partial charge in [0, 0.05) is 13.1 Å². The molecule has 4 N–H and O–H groups in total. The Hall–Kier alpha value is -2.49. The molecular formula is C17H19N3O. The molecule has 2 aromatic rings. The van der Waals surface area contributed by atoms with E-state index in [1.807, 2.05) is 6.07 Å². The monoisotopic (exact) mass is 281 g/mol. The third kappa shape index (κ3) is 2.57. The molecule has 108 valence electrons. The molecular weight excluding hydrogens is 262 g/mol. The summed E-state index contributed by atoms with van der Waals surface area (Å²) in [5.41, 5.74) is 16.2. The normalized spacial score (nSPS) is 14.4. The zero-order valence-electron chi connectivity index (χ0n) is 11.9. The molecule has 0 saturated carbocycles. The van der Waals surface area contributed by atoms with Gasteiger partial charge in [0.2, 0.25) is 0 Å². The van der Waals surface area contributed by atoms with Crippen LogP contribution in [0.5, 0.6) is 0 Å². The Labute approximate surface area is 124 Å². The van der Waals surface area contributed by atoms with Crippen molar-refractivity contribution >= 4 is 17.3 Å². The molecule has 0 fully saturated rings. The summed E-state index contributed by atoms with van der Waals surface area (Å²) in [5.74, 6) is -0.431. The van der Waals surface area contributed by atoms with E-state index in [2.05, 4.69) is 29.2 Å². The molecule has 1 aliphatic heterocycles. The lowest BCUT2D eigenvalue weighted by Crippen LogP contribution is -2.29. The van der Waals surface area contributed by atoms with Crippen LogP contribution in [0.2, 0.25) is 0 Å². The molecule has 0 radical (unpaired) electrons. The number of anilines is 2. The highest BCUT2D eigenvalue weighted by Gasteiger charge is 2.20. The first-order chi connectivity index (χ1) is 10.2. The molecule has 21 heavy (non-hydrogen) atoms. The molecule has 4 nitrogen and oxygen atoms in total. The van der Waals surface area contributed by atoms with Crippen LogP contribution in [-0.4, -0.2) is 19.0 Å². The van der Waals surface area contributed by atoms with Gasteiger partial charge in [-0.3, -0.25) is 4.79 Å². The molecule has 0 saturated heterocycles. The van der Waals surface area contributed by atoms with E-state index in [1.165, 1.54) is 11.1 Å². The van der Waals surface area contributed by atoms with Crippen molar-refractivity contribution in [2.45, 2.75) is 12.8 Å². The van der Waals surface area contributed by atoms with E-state index >= 15 is 0 Å². The van der Waals surface area contributed by atoms with Gasteiger partial charge in [0.25, 0.3) is 5.91 Å². The fourth-order valence-electron chi connectivity index (χ4n) is 3.00. The van der Waals surface area contributed by atoms with Gasteiger partial charge in [-0.15, -0.1) is 0 Å². The SMILES string of the molecule is NC(=O)c1cccc(N)c1N1CCc2ccccc2CC1. The Balaban J connectivity index is 1.95. The van der Waals surface area contributed by atoms with E-state index < -0.39 is 5.91 Å². The Morgan fingerprint density at radius 1 is 0.952 bits per heavy atom. The van der Waals surface area contributed by atoms with Gasteiger partial charge in [0.15, 0.2) is 0 Å². The summed E-state index contributed by atoms with van der Waals surface area (Å²) in [5, 5.41) is 0. The van der Waals surface area contributed by atoms with Gasteiger partial charge in [0.1, 0.15) is 0 Å². The summed E-state index contributed by atoms with van der Waals surface area (Å²) in [6, 6.07) is 13.8. The summed E-state index contributed by atoms with van der Waals surface area (Å²) < 4.78 is 0. The van der Waals surface area contributed by atoms with Crippen LogP contribution in [-0.2, 0) is 12.8 Å². The van der Waals surface area contributed by atoms with E-state index in [-0.39, 0.29) is 0 Å². The molecule has 0 aromatic heterocycles. The van der Waals surface area contributed by atoms with E-state index in [1.54, 1.807) is 12.1 Å². The highest BCUT2D eigenvalue weighted by atomic mass is 16.1. The fourth-order valence-corrected chi connectivity index (χ4v) is 3.00. The van der Waals surface area contributed by atoms with Gasteiger partial charge in [-0.25, -0.2) is 0 Å². The van der Waals surface area contributed by atoms with Crippen LogP contribution in [0.1, 0.15) is 21.5 Å². The molecule has 3 rings (SSSR count). The van der Waals surface area contributed by atoms with E-state index in [0.29, 0.717) is 11.3 Å². The van der Waals surface area contributed by atoms with Crippen molar-refractivity contribution in [2.75, 3.05) is 23.7 Å². The Bertz CT molecular complexity index is 654.